The predicted molar refractivity (Wildman–Crippen MR) is 96.5 cm³/mol. The van der Waals surface area contributed by atoms with E-state index in [0.717, 1.165) is 16.3 Å². The van der Waals surface area contributed by atoms with E-state index in [1.54, 1.807) is 37.4 Å². The van der Waals surface area contributed by atoms with Crippen molar-refractivity contribution in [2.45, 2.75) is 6.42 Å². The minimum atomic E-state index is -0.278. The zero-order valence-corrected chi connectivity index (χ0v) is 14.5. The van der Waals surface area contributed by atoms with Gasteiger partial charge in [0.1, 0.15) is 16.6 Å². The Bertz CT molecular complexity index is 879. The molecule has 1 heterocycles. The summed E-state index contributed by atoms with van der Waals surface area (Å²) in [4.78, 5) is 16.6. The number of hydrogen-bond donors (Lipinski definition) is 1. The molecule has 0 unspecified atom stereocenters. The first kappa shape index (κ1) is 17.1. The molecule has 0 bridgehead atoms. The molecule has 0 atom stereocenters. The van der Waals surface area contributed by atoms with Crippen LogP contribution in [0.25, 0.3) is 10.6 Å². The van der Waals surface area contributed by atoms with Crippen LogP contribution in [-0.4, -0.2) is 24.5 Å². The second kappa shape index (κ2) is 7.90. The number of carbonyl (C=O) groups excluding carboxylic acids is 1. The Morgan fingerprint density at radius 1 is 1.24 bits per heavy atom. The van der Waals surface area contributed by atoms with Crippen LogP contribution in [0.15, 0.2) is 53.9 Å². The van der Waals surface area contributed by atoms with Crippen molar-refractivity contribution in [3.05, 3.63) is 71.0 Å². The number of benzene rings is 2. The maximum atomic E-state index is 13.3. The van der Waals surface area contributed by atoms with E-state index in [1.807, 2.05) is 11.4 Å². The number of nitrogens with zero attached hydrogens (tertiary/aromatic N) is 1. The number of amides is 1. The van der Waals surface area contributed by atoms with Gasteiger partial charge in [0.2, 0.25) is 0 Å². The Hall–Kier alpha value is -2.73. The molecule has 0 aliphatic heterocycles. The van der Waals surface area contributed by atoms with Gasteiger partial charge in [-0.25, -0.2) is 9.37 Å². The summed E-state index contributed by atoms with van der Waals surface area (Å²) >= 11 is 1.46. The van der Waals surface area contributed by atoms with Crippen LogP contribution in [0.5, 0.6) is 5.75 Å². The standard InChI is InChI=1S/C19H17FN2O2S/c1-24-17-7-3-4-13(11-17)18(23)21-9-8-16-12-25-19(22-16)14-5-2-6-15(20)10-14/h2-7,10-12H,8-9H2,1H3,(H,21,23). The monoisotopic (exact) mass is 356 g/mol. The van der Waals surface area contributed by atoms with Crippen LogP contribution in [-0.2, 0) is 6.42 Å². The van der Waals surface area contributed by atoms with Gasteiger partial charge in [-0.15, -0.1) is 11.3 Å². The summed E-state index contributed by atoms with van der Waals surface area (Å²) in [6, 6.07) is 13.4. The van der Waals surface area contributed by atoms with Crippen molar-refractivity contribution in [2.24, 2.45) is 0 Å². The summed E-state index contributed by atoms with van der Waals surface area (Å²) < 4.78 is 18.4. The highest BCUT2D eigenvalue weighted by molar-refractivity contribution is 7.13. The Morgan fingerprint density at radius 2 is 2.08 bits per heavy atom. The molecule has 1 N–H and O–H groups in total. The van der Waals surface area contributed by atoms with E-state index in [9.17, 15) is 9.18 Å². The lowest BCUT2D eigenvalue weighted by molar-refractivity contribution is 0.0953. The lowest BCUT2D eigenvalue weighted by Gasteiger charge is -2.05. The van der Waals surface area contributed by atoms with E-state index < -0.39 is 0 Å². The highest BCUT2D eigenvalue weighted by Gasteiger charge is 2.08. The fraction of sp³-hybridized carbons (Fsp3) is 0.158. The van der Waals surface area contributed by atoms with Crippen molar-refractivity contribution >= 4 is 17.2 Å². The third-order valence-electron chi connectivity index (χ3n) is 3.62. The molecule has 0 saturated heterocycles. The highest BCUT2D eigenvalue weighted by Crippen LogP contribution is 2.24. The first-order chi connectivity index (χ1) is 12.2. The van der Waals surface area contributed by atoms with Gasteiger partial charge in [-0.1, -0.05) is 18.2 Å². The molecule has 3 aromatic rings. The molecular formula is C19H17FN2O2S. The summed E-state index contributed by atoms with van der Waals surface area (Å²) in [5.41, 5.74) is 2.19. The molecule has 1 amide bonds. The van der Waals surface area contributed by atoms with Crippen molar-refractivity contribution in [1.82, 2.24) is 10.3 Å². The van der Waals surface area contributed by atoms with Gasteiger partial charge in [0, 0.05) is 29.5 Å². The SMILES string of the molecule is COc1cccc(C(=O)NCCc2csc(-c3cccc(F)c3)n2)c1. The van der Waals surface area contributed by atoms with Crippen LogP contribution in [0.1, 0.15) is 16.1 Å². The summed E-state index contributed by atoms with van der Waals surface area (Å²) in [5.74, 6) is 0.214. The smallest absolute Gasteiger partial charge is 0.251 e. The number of hydrogen-bond acceptors (Lipinski definition) is 4. The summed E-state index contributed by atoms with van der Waals surface area (Å²) in [5, 5.41) is 5.57. The Kier molecular flexibility index (Phi) is 5.40. The Morgan fingerprint density at radius 3 is 2.88 bits per heavy atom. The number of nitrogens with one attached hydrogen (secondary N) is 1. The van der Waals surface area contributed by atoms with Crippen molar-refractivity contribution in [3.8, 4) is 16.3 Å². The van der Waals surface area contributed by atoms with E-state index in [4.69, 9.17) is 4.74 Å². The lowest BCUT2D eigenvalue weighted by Crippen LogP contribution is -2.25. The van der Waals surface area contributed by atoms with Gasteiger partial charge < -0.3 is 10.1 Å². The molecular weight excluding hydrogens is 339 g/mol. The molecule has 0 aliphatic rings. The van der Waals surface area contributed by atoms with Crippen molar-refractivity contribution in [3.63, 3.8) is 0 Å². The fourth-order valence-electron chi connectivity index (χ4n) is 2.35. The molecule has 25 heavy (non-hydrogen) atoms. The van der Waals surface area contributed by atoms with E-state index in [2.05, 4.69) is 10.3 Å². The molecule has 0 aliphatic carbocycles. The number of ether oxygens (including phenoxy) is 1. The van der Waals surface area contributed by atoms with Crippen LogP contribution in [0.2, 0.25) is 0 Å². The molecule has 3 rings (SSSR count). The quantitative estimate of drug-likeness (QED) is 0.728. The van der Waals surface area contributed by atoms with Gasteiger partial charge in [0.15, 0.2) is 0 Å². The largest absolute Gasteiger partial charge is 0.497 e. The van der Waals surface area contributed by atoms with Crippen LogP contribution < -0.4 is 10.1 Å². The number of methoxy groups -OCH3 is 1. The topological polar surface area (TPSA) is 51.2 Å². The molecule has 0 radical (unpaired) electrons. The number of rotatable bonds is 6. The minimum absolute atomic E-state index is 0.153. The zero-order chi connectivity index (χ0) is 17.6. The average Bonchev–Trinajstić information content (AvgIpc) is 3.10. The van der Waals surface area contributed by atoms with Crippen LogP contribution in [0, 0.1) is 5.82 Å². The number of aromatic nitrogens is 1. The van der Waals surface area contributed by atoms with Crippen LogP contribution >= 0.6 is 11.3 Å². The summed E-state index contributed by atoms with van der Waals surface area (Å²) in [7, 11) is 1.56. The fourth-order valence-corrected chi connectivity index (χ4v) is 3.20. The molecule has 1 aromatic heterocycles. The third-order valence-corrected chi connectivity index (χ3v) is 4.56. The molecule has 0 saturated carbocycles. The van der Waals surface area contributed by atoms with Gasteiger partial charge in [0.25, 0.3) is 5.91 Å². The second-order valence-electron chi connectivity index (χ2n) is 5.39. The van der Waals surface area contributed by atoms with E-state index >= 15 is 0 Å². The summed E-state index contributed by atoms with van der Waals surface area (Å²) in [6.45, 7) is 0.475. The van der Waals surface area contributed by atoms with Crippen molar-refractivity contribution < 1.29 is 13.9 Å². The molecule has 4 nitrogen and oxygen atoms in total. The Balaban J connectivity index is 1.56. The number of thiazole rings is 1. The van der Waals surface area contributed by atoms with Gasteiger partial charge in [-0.3, -0.25) is 4.79 Å². The first-order valence-electron chi connectivity index (χ1n) is 7.78. The number of carbonyl (C=O) groups is 1. The molecule has 0 spiro atoms. The Labute approximate surface area is 149 Å². The highest BCUT2D eigenvalue weighted by atomic mass is 32.1. The second-order valence-corrected chi connectivity index (χ2v) is 6.25. The van der Waals surface area contributed by atoms with Gasteiger partial charge in [-0.2, -0.15) is 0 Å². The third kappa shape index (κ3) is 4.42. The van der Waals surface area contributed by atoms with Crippen LogP contribution in [0.4, 0.5) is 4.39 Å². The maximum absolute atomic E-state index is 13.3. The van der Waals surface area contributed by atoms with Crippen molar-refractivity contribution in [1.29, 1.82) is 0 Å². The number of halogens is 1. The zero-order valence-electron chi connectivity index (χ0n) is 13.7. The minimum Gasteiger partial charge on any atom is -0.497 e. The maximum Gasteiger partial charge on any atom is 0.251 e. The molecule has 0 fully saturated rings. The van der Waals surface area contributed by atoms with Crippen molar-refractivity contribution in [2.75, 3.05) is 13.7 Å². The van der Waals surface area contributed by atoms with E-state index in [0.29, 0.717) is 24.3 Å². The van der Waals surface area contributed by atoms with E-state index in [-0.39, 0.29) is 11.7 Å². The lowest BCUT2D eigenvalue weighted by atomic mass is 10.2. The van der Waals surface area contributed by atoms with Gasteiger partial charge in [0.05, 0.1) is 12.8 Å². The molecule has 128 valence electrons. The van der Waals surface area contributed by atoms with Gasteiger partial charge >= 0.3 is 0 Å². The molecule has 6 heteroatoms. The predicted octanol–water partition coefficient (Wildman–Crippen LogP) is 3.93. The van der Waals surface area contributed by atoms with E-state index in [1.165, 1.54) is 23.5 Å². The van der Waals surface area contributed by atoms with Gasteiger partial charge in [-0.05, 0) is 30.3 Å². The summed E-state index contributed by atoms with van der Waals surface area (Å²) in [6.07, 6.45) is 0.613. The molecule has 2 aromatic carbocycles. The normalized spacial score (nSPS) is 10.5. The van der Waals surface area contributed by atoms with Crippen LogP contribution in [0.3, 0.4) is 0 Å². The first-order valence-corrected chi connectivity index (χ1v) is 8.66. The average molecular weight is 356 g/mol.